The summed E-state index contributed by atoms with van der Waals surface area (Å²) in [4.78, 5) is 2.48. The van der Waals surface area contributed by atoms with Crippen molar-refractivity contribution in [3.8, 4) is 5.75 Å². The average Bonchev–Trinajstić information content (AvgIpc) is 2.39. The molecule has 1 atom stereocenters. The van der Waals surface area contributed by atoms with Crippen LogP contribution in [0.3, 0.4) is 0 Å². The second kappa shape index (κ2) is 6.40. The fraction of sp³-hybridized carbons (Fsp3) is 0.625. The van der Waals surface area contributed by atoms with E-state index in [1.807, 2.05) is 12.1 Å². The van der Waals surface area contributed by atoms with E-state index in [4.69, 9.17) is 5.73 Å². The lowest BCUT2D eigenvalue weighted by Gasteiger charge is -2.34. The van der Waals surface area contributed by atoms with Crippen LogP contribution in [0.5, 0.6) is 5.75 Å². The number of likely N-dealkylation sites (tertiary alicyclic amines) is 1. The number of benzene rings is 1. The van der Waals surface area contributed by atoms with Crippen molar-refractivity contribution in [2.45, 2.75) is 38.6 Å². The molecule has 1 fully saturated rings. The van der Waals surface area contributed by atoms with E-state index in [1.54, 1.807) is 6.07 Å². The third-order valence-corrected chi connectivity index (χ3v) is 4.25. The van der Waals surface area contributed by atoms with Crippen molar-refractivity contribution in [2.75, 3.05) is 19.6 Å². The van der Waals surface area contributed by atoms with Gasteiger partial charge in [0.2, 0.25) is 0 Å². The first-order chi connectivity index (χ1) is 9.06. The van der Waals surface area contributed by atoms with E-state index in [2.05, 4.69) is 24.8 Å². The van der Waals surface area contributed by atoms with Gasteiger partial charge in [-0.3, -0.25) is 0 Å². The molecule has 1 aromatic rings. The molecule has 19 heavy (non-hydrogen) atoms. The van der Waals surface area contributed by atoms with Gasteiger partial charge in [-0.1, -0.05) is 26.0 Å². The zero-order valence-corrected chi connectivity index (χ0v) is 12.0. The third-order valence-electron chi connectivity index (χ3n) is 4.25. The Balaban J connectivity index is 1.85. The number of hydrogen-bond acceptors (Lipinski definition) is 3. The fourth-order valence-electron chi connectivity index (χ4n) is 2.74. The van der Waals surface area contributed by atoms with Crippen LogP contribution in [0.15, 0.2) is 24.3 Å². The Bertz CT molecular complexity index is 397. The number of phenols is 1. The van der Waals surface area contributed by atoms with E-state index in [0.29, 0.717) is 17.6 Å². The molecule has 3 nitrogen and oxygen atoms in total. The molecule has 0 aliphatic carbocycles. The molecule has 0 amide bonds. The van der Waals surface area contributed by atoms with Crippen LogP contribution in [0, 0.1) is 5.92 Å². The van der Waals surface area contributed by atoms with Gasteiger partial charge in [0.25, 0.3) is 0 Å². The molecule has 1 aromatic carbocycles. The van der Waals surface area contributed by atoms with Crippen molar-refractivity contribution in [2.24, 2.45) is 11.7 Å². The molecule has 1 aliphatic heterocycles. The van der Waals surface area contributed by atoms with E-state index in [0.717, 1.165) is 32.5 Å². The molecule has 106 valence electrons. The Morgan fingerprint density at radius 3 is 2.58 bits per heavy atom. The number of aromatic hydroxyl groups is 1. The van der Waals surface area contributed by atoms with Crippen LogP contribution in [0.2, 0.25) is 0 Å². The van der Waals surface area contributed by atoms with Crippen molar-refractivity contribution < 1.29 is 5.11 Å². The number of hydrogen-bond donors (Lipinski definition) is 2. The molecule has 2 rings (SSSR count). The smallest absolute Gasteiger partial charge is 0.115 e. The molecule has 3 heteroatoms. The van der Waals surface area contributed by atoms with Crippen LogP contribution in [0.4, 0.5) is 0 Å². The van der Waals surface area contributed by atoms with Crippen LogP contribution in [-0.4, -0.2) is 35.7 Å². The molecule has 0 radical (unpaired) electrons. The molecule has 0 spiro atoms. The molecule has 0 aromatic heterocycles. The van der Waals surface area contributed by atoms with Crippen molar-refractivity contribution in [3.63, 3.8) is 0 Å². The van der Waals surface area contributed by atoms with Gasteiger partial charge in [0, 0.05) is 12.6 Å². The molecule has 1 heterocycles. The number of phenolic OH excluding ortho intramolecular Hbond substituents is 1. The quantitative estimate of drug-likeness (QED) is 0.876. The van der Waals surface area contributed by atoms with Gasteiger partial charge in [0.15, 0.2) is 0 Å². The Labute approximate surface area is 116 Å². The highest BCUT2D eigenvalue weighted by atomic mass is 16.3. The minimum absolute atomic E-state index is 0.275. The minimum Gasteiger partial charge on any atom is -0.508 e. The van der Waals surface area contributed by atoms with Crippen LogP contribution in [0.1, 0.15) is 38.2 Å². The zero-order valence-electron chi connectivity index (χ0n) is 12.0. The van der Waals surface area contributed by atoms with Crippen LogP contribution in [0.25, 0.3) is 0 Å². The van der Waals surface area contributed by atoms with Gasteiger partial charge in [0.1, 0.15) is 5.75 Å². The van der Waals surface area contributed by atoms with Crippen LogP contribution >= 0.6 is 0 Å². The van der Waals surface area contributed by atoms with E-state index in [1.165, 1.54) is 5.56 Å². The summed E-state index contributed by atoms with van der Waals surface area (Å²) < 4.78 is 0. The van der Waals surface area contributed by atoms with Gasteiger partial charge in [-0.15, -0.1) is 0 Å². The highest BCUT2D eigenvalue weighted by Gasteiger charge is 2.22. The minimum atomic E-state index is 0.275. The summed E-state index contributed by atoms with van der Waals surface area (Å²) >= 11 is 0. The molecule has 1 aliphatic rings. The topological polar surface area (TPSA) is 49.5 Å². The second-order valence-electron chi connectivity index (χ2n) is 6.08. The maximum absolute atomic E-state index is 9.55. The first-order valence-electron chi connectivity index (χ1n) is 7.33. The third kappa shape index (κ3) is 3.95. The lowest BCUT2D eigenvalue weighted by atomic mass is 9.89. The van der Waals surface area contributed by atoms with E-state index in [9.17, 15) is 5.11 Å². The monoisotopic (exact) mass is 262 g/mol. The largest absolute Gasteiger partial charge is 0.508 e. The number of nitrogens with zero attached hydrogens (tertiary/aromatic N) is 1. The first kappa shape index (κ1) is 14.4. The van der Waals surface area contributed by atoms with Crippen LogP contribution in [-0.2, 0) is 0 Å². The van der Waals surface area contributed by atoms with Crippen molar-refractivity contribution >= 4 is 0 Å². The summed E-state index contributed by atoms with van der Waals surface area (Å²) in [5.74, 6) is 1.50. The summed E-state index contributed by atoms with van der Waals surface area (Å²) in [5, 5.41) is 9.55. The summed E-state index contributed by atoms with van der Waals surface area (Å²) in [7, 11) is 0. The Morgan fingerprint density at radius 1 is 1.32 bits per heavy atom. The number of nitrogens with two attached hydrogens (primary N) is 1. The molecule has 1 saturated heterocycles. The van der Waals surface area contributed by atoms with Crippen molar-refractivity contribution in [3.05, 3.63) is 29.8 Å². The van der Waals surface area contributed by atoms with Gasteiger partial charge in [-0.25, -0.2) is 0 Å². The Morgan fingerprint density at radius 2 is 2.00 bits per heavy atom. The summed E-state index contributed by atoms with van der Waals surface area (Å²) in [6.45, 7) is 7.60. The van der Waals surface area contributed by atoms with Gasteiger partial charge < -0.3 is 15.7 Å². The zero-order chi connectivity index (χ0) is 13.8. The van der Waals surface area contributed by atoms with Gasteiger partial charge in [0.05, 0.1) is 0 Å². The van der Waals surface area contributed by atoms with Gasteiger partial charge in [-0.2, -0.15) is 0 Å². The van der Waals surface area contributed by atoms with Crippen molar-refractivity contribution in [1.82, 2.24) is 4.90 Å². The number of piperidine rings is 1. The van der Waals surface area contributed by atoms with Crippen LogP contribution < -0.4 is 5.73 Å². The van der Waals surface area contributed by atoms with E-state index >= 15 is 0 Å². The molecule has 3 N–H and O–H groups in total. The number of rotatable bonds is 4. The van der Waals surface area contributed by atoms with Gasteiger partial charge >= 0.3 is 0 Å². The molecular formula is C16H26N2O. The van der Waals surface area contributed by atoms with E-state index in [-0.39, 0.29) is 6.04 Å². The molecule has 1 unspecified atom stereocenters. The van der Waals surface area contributed by atoms with Gasteiger partial charge in [-0.05, 0) is 55.5 Å². The van der Waals surface area contributed by atoms with Crippen molar-refractivity contribution in [1.29, 1.82) is 0 Å². The molecule has 0 bridgehead atoms. The highest BCUT2D eigenvalue weighted by molar-refractivity contribution is 5.30. The summed E-state index contributed by atoms with van der Waals surface area (Å²) in [6.07, 6.45) is 2.32. The summed E-state index contributed by atoms with van der Waals surface area (Å²) in [5.41, 5.74) is 7.41. The second-order valence-corrected chi connectivity index (χ2v) is 6.08. The standard InChI is InChI=1S/C16H26N2O/c1-12(2)16(17)11-18-8-6-13(7-9-18)14-4-3-5-15(19)10-14/h3-5,10,12-13,16,19H,6-9,11,17H2,1-2H3. The lowest BCUT2D eigenvalue weighted by molar-refractivity contribution is 0.189. The average molecular weight is 262 g/mol. The SMILES string of the molecule is CC(C)C(N)CN1CCC(c2cccc(O)c2)CC1. The lowest BCUT2D eigenvalue weighted by Crippen LogP contribution is -2.43. The maximum atomic E-state index is 9.55. The maximum Gasteiger partial charge on any atom is 0.115 e. The predicted molar refractivity (Wildman–Crippen MR) is 79.3 cm³/mol. The fourth-order valence-corrected chi connectivity index (χ4v) is 2.74. The summed E-state index contributed by atoms with van der Waals surface area (Å²) in [6, 6.07) is 7.98. The highest BCUT2D eigenvalue weighted by Crippen LogP contribution is 2.29. The first-order valence-corrected chi connectivity index (χ1v) is 7.33. The molecule has 0 saturated carbocycles. The van der Waals surface area contributed by atoms with E-state index < -0.39 is 0 Å². The Hall–Kier alpha value is -1.06. The molecular weight excluding hydrogens is 236 g/mol. The predicted octanol–water partition coefficient (Wildman–Crippen LogP) is 2.55. The Kier molecular flexibility index (Phi) is 4.83. The normalized spacial score (nSPS) is 19.8.